The Hall–Kier alpha value is -3.64. The maximum Gasteiger partial charge on any atom is 0.303 e. The van der Waals surface area contributed by atoms with Gasteiger partial charge in [-0.1, -0.05) is 19.9 Å². The Bertz CT molecular complexity index is 1730. The predicted molar refractivity (Wildman–Crippen MR) is 179 cm³/mol. The van der Waals surface area contributed by atoms with Crippen molar-refractivity contribution in [1.29, 1.82) is 0 Å². The number of hydrogen-bond donors (Lipinski definition) is 7. The van der Waals surface area contributed by atoms with Gasteiger partial charge in [0, 0.05) is 63.8 Å². The fourth-order valence-electron chi connectivity index (χ4n) is 6.56. The van der Waals surface area contributed by atoms with Gasteiger partial charge in [-0.15, -0.1) is 0 Å². The number of aliphatic carboxylic acids is 2. The first-order valence-electron chi connectivity index (χ1n) is 15.3. The first kappa shape index (κ1) is 32.7. The Labute approximate surface area is 271 Å². The van der Waals surface area contributed by atoms with E-state index in [-0.39, 0.29) is 48.5 Å². The third-order valence-corrected chi connectivity index (χ3v) is 10.6. The van der Waals surface area contributed by atoms with E-state index in [1.165, 1.54) is 11.8 Å². The van der Waals surface area contributed by atoms with Crippen molar-refractivity contribution in [2.75, 3.05) is 11.5 Å². The van der Waals surface area contributed by atoms with Crippen LogP contribution in [0.5, 0.6) is 0 Å². The number of amides is 2. The highest BCUT2D eigenvalue weighted by Gasteiger charge is 2.52. The topological polar surface area (TPSA) is 164 Å². The number of rotatable bonds is 11. The average Bonchev–Trinajstić information content (AvgIpc) is 3.56. The lowest BCUT2D eigenvalue weighted by Gasteiger charge is -2.09. The molecule has 5 rings (SSSR count). The van der Waals surface area contributed by atoms with Crippen molar-refractivity contribution in [2.24, 2.45) is 17.8 Å². The molecule has 45 heavy (non-hydrogen) atoms. The van der Waals surface area contributed by atoms with Crippen LogP contribution in [0.3, 0.4) is 0 Å². The van der Waals surface area contributed by atoms with Crippen molar-refractivity contribution < 1.29 is 29.4 Å². The van der Waals surface area contributed by atoms with Crippen molar-refractivity contribution in [2.45, 2.75) is 64.7 Å². The van der Waals surface area contributed by atoms with Crippen LogP contribution in [0.15, 0.2) is 17.3 Å². The molecule has 0 saturated carbocycles. The molecule has 3 fully saturated rings. The Morgan fingerprint density at radius 1 is 0.933 bits per heavy atom. The molecule has 3 aliphatic rings. The van der Waals surface area contributed by atoms with Gasteiger partial charge in [0.1, 0.15) is 0 Å². The number of carbonyl (C=O) groups is 4. The van der Waals surface area contributed by atoms with E-state index in [1.54, 1.807) is 0 Å². The number of aromatic nitrogens is 2. The van der Waals surface area contributed by atoms with E-state index in [1.807, 2.05) is 52.0 Å². The number of H-pyrrole nitrogens is 2. The molecular weight excluding hydrogens is 613 g/mol. The molecular formula is C33H41N4O6S2+. The van der Waals surface area contributed by atoms with E-state index in [0.29, 0.717) is 29.4 Å². The molecule has 0 radical (unpaired) electrons. The van der Waals surface area contributed by atoms with E-state index < -0.39 is 11.9 Å². The molecule has 1 unspecified atom stereocenters. The molecule has 6 N–H and O–H groups in total. The van der Waals surface area contributed by atoms with Crippen LogP contribution in [0.2, 0.25) is 0 Å². The van der Waals surface area contributed by atoms with Crippen LogP contribution in [-0.2, 0) is 43.8 Å². The van der Waals surface area contributed by atoms with Crippen LogP contribution in [0.25, 0.3) is 18.2 Å². The van der Waals surface area contributed by atoms with Crippen LogP contribution < -0.4 is 21.3 Å². The predicted octanol–water partition coefficient (Wildman–Crippen LogP) is 1.51. The molecule has 5 heterocycles. The minimum atomic E-state index is -0.908. The molecule has 2 aromatic rings. The van der Waals surface area contributed by atoms with Crippen molar-refractivity contribution >= 4 is 66.4 Å². The van der Waals surface area contributed by atoms with Gasteiger partial charge < -0.3 is 30.8 Å². The molecule has 240 valence electrons. The zero-order chi connectivity index (χ0) is 32.6. The summed E-state index contributed by atoms with van der Waals surface area (Å²) in [6.07, 6.45) is 8.18. The molecule has 0 aromatic carbocycles. The number of carboxylic acids is 2. The van der Waals surface area contributed by atoms with Crippen molar-refractivity contribution in [1.82, 2.24) is 20.6 Å². The Balaban J connectivity index is 1.62. The third kappa shape index (κ3) is 6.96. The maximum absolute atomic E-state index is 12.6. The quantitative estimate of drug-likeness (QED) is 0.0842. The Kier molecular flexibility index (Phi) is 9.74. The molecule has 10 nitrogen and oxygen atoms in total. The molecule has 3 saturated heterocycles. The third-order valence-electron chi connectivity index (χ3n) is 9.30. The molecule has 0 aliphatic carbocycles. The van der Waals surface area contributed by atoms with Crippen molar-refractivity contribution in [3.05, 3.63) is 61.7 Å². The molecule has 2 amide bonds. The number of nitrogens with one attached hydrogen (secondary N) is 4. The van der Waals surface area contributed by atoms with Gasteiger partial charge in [-0.05, 0) is 78.9 Å². The fourth-order valence-corrected chi connectivity index (χ4v) is 7.75. The van der Waals surface area contributed by atoms with Crippen LogP contribution in [0, 0.1) is 31.6 Å². The summed E-state index contributed by atoms with van der Waals surface area (Å²) in [5.74, 6) is -0.412. The number of allylic oxidation sites excluding steroid dienone is 1. The highest BCUT2D eigenvalue weighted by atomic mass is 32.2. The van der Waals surface area contributed by atoms with Gasteiger partial charge in [0.05, 0.1) is 12.0 Å². The van der Waals surface area contributed by atoms with Crippen molar-refractivity contribution in [3.63, 3.8) is 0 Å². The average molecular weight is 654 g/mol. The summed E-state index contributed by atoms with van der Waals surface area (Å²) >= 11 is 5.59. The zero-order valence-electron chi connectivity index (χ0n) is 25.9. The summed E-state index contributed by atoms with van der Waals surface area (Å²) < 4.78 is 0. The smallest absolute Gasteiger partial charge is 0.303 e. The fraction of sp³-hybridized carbons (Fsp3) is 0.455. The van der Waals surface area contributed by atoms with Gasteiger partial charge in [0.2, 0.25) is 11.8 Å². The molecule has 12 heteroatoms. The zero-order valence-corrected chi connectivity index (χ0v) is 27.6. The van der Waals surface area contributed by atoms with Gasteiger partial charge in [-0.25, -0.2) is 0 Å². The Morgan fingerprint density at radius 3 is 2.22 bits per heavy atom. The SMILES string of the molecule is Cc1c(/C=C2\NC(=O)[C@H](C)[C@H]2[C@@H]2C[SH+]2)[nH]c(/C=c2/[nH]/c(=C/[C@H]3NC(=O)/C(=C/CS)C3C)c(C)c2CCC(=O)O)c1CCC(=O)O. The number of aromatic amines is 2. The largest absolute Gasteiger partial charge is 0.481 e. The highest BCUT2D eigenvalue weighted by Crippen LogP contribution is 2.38. The minimum Gasteiger partial charge on any atom is -0.481 e. The second-order valence-electron chi connectivity index (χ2n) is 12.2. The monoisotopic (exact) mass is 653 g/mol. The number of carbonyl (C=O) groups excluding carboxylic acids is 2. The highest BCUT2D eigenvalue weighted by molar-refractivity contribution is 7.86. The molecule has 0 bridgehead atoms. The van der Waals surface area contributed by atoms with Gasteiger partial charge in [0.25, 0.3) is 0 Å². The van der Waals surface area contributed by atoms with Gasteiger partial charge >= 0.3 is 11.9 Å². The van der Waals surface area contributed by atoms with Crippen LogP contribution in [0.4, 0.5) is 0 Å². The molecule has 0 spiro atoms. The van der Waals surface area contributed by atoms with E-state index in [9.17, 15) is 29.4 Å². The first-order valence-corrected chi connectivity index (χ1v) is 17.0. The summed E-state index contributed by atoms with van der Waals surface area (Å²) in [6.45, 7) is 7.83. The Morgan fingerprint density at radius 2 is 1.60 bits per heavy atom. The van der Waals surface area contributed by atoms with E-state index in [0.717, 1.165) is 55.8 Å². The number of thiol groups is 2. The molecule has 2 aromatic heterocycles. The van der Waals surface area contributed by atoms with Gasteiger partial charge in [0.15, 0.2) is 11.0 Å². The maximum atomic E-state index is 12.6. The summed E-state index contributed by atoms with van der Waals surface area (Å²) in [5.41, 5.74) is 6.60. The molecule has 3 aliphatic heterocycles. The summed E-state index contributed by atoms with van der Waals surface area (Å²) in [5, 5.41) is 27.0. The van der Waals surface area contributed by atoms with Crippen molar-refractivity contribution in [3.8, 4) is 0 Å². The van der Waals surface area contributed by atoms with Crippen LogP contribution in [0.1, 0.15) is 60.3 Å². The number of hydrogen-bond acceptors (Lipinski definition) is 5. The number of carboxylic acid groups (broad SMARTS) is 2. The van der Waals surface area contributed by atoms with E-state index in [2.05, 4.69) is 33.2 Å². The second kappa shape index (κ2) is 13.4. The standard InChI is InChI=1S/C33H40N4O6S2/c1-15-19(5-7-29(38)39)25(34-22(15)11-24-17(3)21(9-10-44)33(43)36-24)13-26-20(6-8-30(40)41)16(2)23(35-26)12-27-31(28-14-45-28)18(4)32(42)37-27/h9,11-13,17-18,24,28,31,34-35,44H,5-8,10,14H2,1-4H3,(H,36,43)(H,37,42)(H,38,39)(H,40,41)/p+1/b21-9+,22-11+,25-13+,27-12-/t17?,18-,24-,28+,31-/m1/s1. The first-order chi connectivity index (χ1) is 21.4. The summed E-state index contributed by atoms with van der Waals surface area (Å²) in [7, 11) is 0. The second-order valence-corrected chi connectivity index (χ2v) is 13.9. The summed E-state index contributed by atoms with van der Waals surface area (Å²) in [4.78, 5) is 55.2. The summed E-state index contributed by atoms with van der Waals surface area (Å²) in [6, 6.07) is -0.249. The van der Waals surface area contributed by atoms with Crippen LogP contribution in [-0.4, -0.2) is 66.7 Å². The van der Waals surface area contributed by atoms with E-state index in [4.69, 9.17) is 0 Å². The normalized spacial score (nSPS) is 27.1. The minimum absolute atomic E-state index is 0.0187. The molecule has 5 atom stereocenters. The lowest BCUT2D eigenvalue weighted by Crippen LogP contribution is -2.28. The van der Waals surface area contributed by atoms with E-state index >= 15 is 0 Å². The lowest BCUT2D eigenvalue weighted by molar-refractivity contribution is -0.138. The lowest BCUT2D eigenvalue weighted by atomic mass is 9.91. The van der Waals surface area contributed by atoms with Gasteiger partial charge in [-0.2, -0.15) is 12.6 Å². The van der Waals surface area contributed by atoms with Crippen LogP contribution >= 0.6 is 12.6 Å². The van der Waals surface area contributed by atoms with Gasteiger partial charge in [-0.3, -0.25) is 19.2 Å².